The Balaban J connectivity index is 5.45. The van der Waals surface area contributed by atoms with Crippen LogP contribution in [0.5, 0.6) is 0 Å². The predicted molar refractivity (Wildman–Crippen MR) is 161 cm³/mol. The molecule has 0 spiro atoms. The average Bonchev–Trinajstić information content (AvgIpc) is 2.93. The second kappa shape index (κ2) is 21.0. The zero-order valence-corrected chi connectivity index (χ0v) is 25.5. The summed E-state index contributed by atoms with van der Waals surface area (Å²) in [6, 6.07) is -6.26. The zero-order valence-electron chi connectivity index (χ0n) is 23.8. The molecule has 5 amide bonds. The van der Waals surface area contributed by atoms with Gasteiger partial charge in [0, 0.05) is 12.3 Å². The highest BCUT2D eigenvalue weighted by atomic mass is 32.2. The van der Waals surface area contributed by atoms with Crippen LogP contribution in [0.4, 0.5) is 0 Å². The summed E-state index contributed by atoms with van der Waals surface area (Å²) >= 11 is 5.47. The first kappa shape index (κ1) is 39.2. The van der Waals surface area contributed by atoms with Crippen LogP contribution < -0.4 is 43.8 Å². The Hall–Kier alpha value is -3.78. The summed E-state index contributed by atoms with van der Waals surface area (Å²) in [5.41, 5.74) is 16.4. The molecule has 5 unspecified atom stereocenters. The minimum Gasteiger partial charge on any atom is -0.481 e. The fourth-order valence-corrected chi connectivity index (χ4v) is 3.94. The van der Waals surface area contributed by atoms with Crippen LogP contribution in [0.3, 0.4) is 0 Å². The molecule has 13 N–H and O–H groups in total. The third kappa shape index (κ3) is 17.1. The molecule has 0 fully saturated rings. The molecule has 0 aromatic rings. The fourth-order valence-electron chi connectivity index (χ4n) is 3.19. The predicted octanol–water partition coefficient (Wildman–Crippen LogP) is -4.32. The van der Waals surface area contributed by atoms with Gasteiger partial charge < -0.3 is 54.0 Å². The second-order valence-electron chi connectivity index (χ2n) is 9.15. The van der Waals surface area contributed by atoms with Crippen LogP contribution in [0.15, 0.2) is 4.99 Å². The fraction of sp³-hybridized carbons (Fsp3) is 0.652. The molecule has 0 aliphatic carbocycles. The smallest absolute Gasteiger partial charge is 0.325 e. The van der Waals surface area contributed by atoms with Crippen LogP contribution in [0.2, 0.25) is 0 Å². The van der Waals surface area contributed by atoms with E-state index in [0.29, 0.717) is 5.75 Å². The maximum absolute atomic E-state index is 13.0. The van der Waals surface area contributed by atoms with Crippen molar-refractivity contribution in [3.05, 3.63) is 0 Å². The average molecular weight is 652 g/mol. The van der Waals surface area contributed by atoms with Crippen LogP contribution in [0.1, 0.15) is 32.6 Å². The van der Waals surface area contributed by atoms with Crippen molar-refractivity contribution < 1.29 is 43.8 Å². The lowest BCUT2D eigenvalue weighted by molar-refractivity contribution is -0.142. The van der Waals surface area contributed by atoms with Gasteiger partial charge in [0.15, 0.2) is 5.96 Å². The van der Waals surface area contributed by atoms with Gasteiger partial charge in [-0.3, -0.25) is 38.6 Å². The molecule has 0 aromatic carbocycles. The number of hydrogen-bond acceptors (Lipinski definition) is 11. The quantitative estimate of drug-likeness (QED) is 0.0242. The van der Waals surface area contributed by atoms with E-state index in [0.717, 1.165) is 0 Å². The van der Waals surface area contributed by atoms with E-state index in [9.17, 15) is 33.6 Å². The van der Waals surface area contributed by atoms with Gasteiger partial charge in [0.05, 0.1) is 19.0 Å². The van der Waals surface area contributed by atoms with E-state index in [-0.39, 0.29) is 37.5 Å². The Labute approximate surface area is 257 Å². The van der Waals surface area contributed by atoms with E-state index >= 15 is 0 Å². The third-order valence-electron chi connectivity index (χ3n) is 5.55. The first-order valence-electron chi connectivity index (χ1n) is 13.0. The van der Waals surface area contributed by atoms with Gasteiger partial charge in [-0.1, -0.05) is 0 Å². The normalized spacial score (nSPS) is 14.0. The molecule has 0 saturated heterocycles. The van der Waals surface area contributed by atoms with Gasteiger partial charge >= 0.3 is 11.9 Å². The van der Waals surface area contributed by atoms with Gasteiger partial charge in [-0.05, 0) is 38.2 Å². The van der Waals surface area contributed by atoms with Crippen molar-refractivity contribution in [2.45, 2.75) is 62.8 Å². The van der Waals surface area contributed by atoms with E-state index in [1.54, 1.807) is 0 Å². The Morgan fingerprint density at radius 3 is 2.00 bits per heavy atom. The summed E-state index contributed by atoms with van der Waals surface area (Å²) in [6.45, 7) is 0.625. The summed E-state index contributed by atoms with van der Waals surface area (Å²) in [6.07, 6.45) is 1.52. The number of hydrogen-bond donors (Lipinski definition) is 11. The molecule has 0 saturated carbocycles. The number of aliphatic imine (C=N–C) groups is 1. The molecule has 0 aliphatic rings. The number of carbonyl (C=O) groups is 7. The second-order valence-corrected chi connectivity index (χ2v) is 10.5. The zero-order chi connectivity index (χ0) is 33.1. The van der Waals surface area contributed by atoms with E-state index in [4.69, 9.17) is 27.4 Å². The van der Waals surface area contributed by atoms with Gasteiger partial charge in [0.1, 0.15) is 24.2 Å². The van der Waals surface area contributed by atoms with Crippen LogP contribution in [-0.2, 0) is 33.6 Å². The SMILES string of the molecule is CSCCC(N)C(=O)NC(CC(=O)O)C(=O)NCC(=O)NC(CCCN=C(N)N)C(=O)NC(CS)C(=O)NC(C)C(=O)O. The van der Waals surface area contributed by atoms with Gasteiger partial charge in [-0.25, -0.2) is 0 Å². The van der Waals surface area contributed by atoms with E-state index in [2.05, 4.69) is 44.2 Å². The van der Waals surface area contributed by atoms with Crippen LogP contribution in [0.25, 0.3) is 0 Å². The van der Waals surface area contributed by atoms with Crippen molar-refractivity contribution in [3.8, 4) is 0 Å². The van der Waals surface area contributed by atoms with Gasteiger partial charge in [0.2, 0.25) is 29.5 Å². The Morgan fingerprint density at radius 2 is 1.47 bits per heavy atom. The standard InChI is InChI=1S/C23H41N9O9S2/c1-11(22(40)41)29-21(39)15(10-42)32-20(38)13(4-3-6-27-23(25)26)30-16(33)9-28-19(37)14(8-17(34)35)31-18(36)12(24)5-7-43-2/h11-15,42H,3-10,24H2,1-2H3,(H,28,37)(H,29,39)(H,30,33)(H,31,36)(H,32,38)(H,34,35)(H,40,41)(H4,25,26,27). The number of thioether (sulfide) groups is 1. The minimum atomic E-state index is -1.53. The van der Waals surface area contributed by atoms with Crippen LogP contribution >= 0.6 is 24.4 Å². The molecule has 0 aromatic heterocycles. The number of nitrogens with zero attached hydrogens (tertiary/aromatic N) is 1. The van der Waals surface area contributed by atoms with E-state index < -0.39 is 84.6 Å². The number of nitrogens with one attached hydrogen (secondary N) is 5. The van der Waals surface area contributed by atoms with Crippen LogP contribution in [0, 0.1) is 0 Å². The first-order chi connectivity index (χ1) is 20.1. The van der Waals surface area contributed by atoms with Crippen LogP contribution in [-0.4, -0.2) is 119 Å². The number of nitrogens with two attached hydrogens (primary N) is 3. The van der Waals surface area contributed by atoms with Gasteiger partial charge in [-0.15, -0.1) is 0 Å². The molecule has 43 heavy (non-hydrogen) atoms. The summed E-state index contributed by atoms with van der Waals surface area (Å²) in [4.78, 5) is 89.0. The number of aliphatic carboxylic acids is 2. The number of rotatable bonds is 21. The molecular formula is C23H41N9O9S2. The maximum Gasteiger partial charge on any atom is 0.325 e. The number of carbonyl (C=O) groups excluding carboxylic acids is 5. The summed E-state index contributed by atoms with van der Waals surface area (Å²) in [5, 5.41) is 29.6. The monoisotopic (exact) mass is 651 g/mol. The van der Waals surface area contributed by atoms with Crippen molar-refractivity contribution in [2.75, 3.05) is 30.9 Å². The van der Waals surface area contributed by atoms with E-state index in [1.165, 1.54) is 18.7 Å². The van der Waals surface area contributed by atoms with Crippen molar-refractivity contribution in [1.82, 2.24) is 26.6 Å². The number of thiol groups is 1. The summed E-state index contributed by atoms with van der Waals surface area (Å²) in [5.74, 6) is -6.74. The summed E-state index contributed by atoms with van der Waals surface area (Å²) < 4.78 is 0. The topological polar surface area (TPSA) is 311 Å². The molecule has 20 heteroatoms. The third-order valence-corrected chi connectivity index (χ3v) is 6.56. The maximum atomic E-state index is 13.0. The largest absolute Gasteiger partial charge is 0.481 e. The number of carboxylic acid groups (broad SMARTS) is 2. The molecule has 0 bridgehead atoms. The highest BCUT2D eigenvalue weighted by molar-refractivity contribution is 7.98. The highest BCUT2D eigenvalue weighted by Crippen LogP contribution is 2.03. The molecular weight excluding hydrogens is 610 g/mol. The van der Waals surface area contributed by atoms with Crippen molar-refractivity contribution >= 4 is 71.8 Å². The van der Waals surface area contributed by atoms with Crippen molar-refractivity contribution in [1.29, 1.82) is 0 Å². The van der Waals surface area contributed by atoms with E-state index in [1.807, 2.05) is 6.26 Å². The molecule has 5 atom stereocenters. The first-order valence-corrected chi connectivity index (χ1v) is 15.0. The number of carboxylic acids is 2. The molecule has 0 rings (SSSR count). The van der Waals surface area contributed by atoms with Crippen molar-refractivity contribution in [3.63, 3.8) is 0 Å². The summed E-state index contributed by atoms with van der Waals surface area (Å²) in [7, 11) is 0. The van der Waals surface area contributed by atoms with Gasteiger partial charge in [-0.2, -0.15) is 24.4 Å². The lowest BCUT2D eigenvalue weighted by Crippen LogP contribution is -2.57. The Kier molecular flexibility index (Phi) is 19.1. The minimum absolute atomic E-state index is 0.0135. The molecule has 0 aliphatic heterocycles. The molecule has 18 nitrogen and oxygen atoms in total. The molecule has 0 radical (unpaired) electrons. The molecule has 0 heterocycles. The lowest BCUT2D eigenvalue weighted by atomic mass is 10.1. The Morgan fingerprint density at radius 1 is 0.860 bits per heavy atom. The van der Waals surface area contributed by atoms with Gasteiger partial charge in [0.25, 0.3) is 0 Å². The number of amides is 5. The van der Waals surface area contributed by atoms with Crippen molar-refractivity contribution in [2.24, 2.45) is 22.2 Å². The highest BCUT2D eigenvalue weighted by Gasteiger charge is 2.29. The lowest BCUT2D eigenvalue weighted by Gasteiger charge is -2.23. The Bertz CT molecular complexity index is 1030. The molecule has 244 valence electrons. The number of guanidine groups is 1.